The molecule has 9 nitrogen and oxygen atoms in total. The summed E-state index contributed by atoms with van der Waals surface area (Å²) in [5.74, 6) is -1.45. The van der Waals surface area contributed by atoms with Crippen LogP contribution in [0.5, 0.6) is 5.75 Å². The van der Waals surface area contributed by atoms with Gasteiger partial charge in [-0.1, -0.05) is 54.2 Å². The molecule has 1 aromatic heterocycles. The fraction of sp³-hybridized carbons (Fsp3) is 0.152. The highest BCUT2D eigenvalue weighted by Gasteiger charge is 2.41. The molecular formula is C33H25N3O6S. The third-order valence-electron chi connectivity index (χ3n) is 6.79. The van der Waals surface area contributed by atoms with Gasteiger partial charge in [-0.2, -0.15) is 5.26 Å². The highest BCUT2D eigenvalue weighted by Crippen LogP contribution is 2.36. The largest absolute Gasteiger partial charge is 0.497 e. The summed E-state index contributed by atoms with van der Waals surface area (Å²) in [5, 5.41) is 9.32. The number of nitrogens with zero attached hydrogens (tertiary/aromatic N) is 3. The zero-order valence-corrected chi connectivity index (χ0v) is 24.1. The minimum Gasteiger partial charge on any atom is -0.497 e. The quantitative estimate of drug-likeness (QED) is 0.143. The zero-order chi connectivity index (χ0) is 30.5. The van der Waals surface area contributed by atoms with Gasteiger partial charge < -0.3 is 9.47 Å². The van der Waals surface area contributed by atoms with Gasteiger partial charge in [0.25, 0.3) is 0 Å². The van der Waals surface area contributed by atoms with Gasteiger partial charge in [-0.25, -0.2) is 14.7 Å². The van der Waals surface area contributed by atoms with Crippen LogP contribution in [0.2, 0.25) is 0 Å². The van der Waals surface area contributed by atoms with Crippen LogP contribution in [0.4, 0.5) is 5.69 Å². The van der Waals surface area contributed by atoms with Crippen LogP contribution in [-0.4, -0.2) is 47.5 Å². The van der Waals surface area contributed by atoms with E-state index in [1.165, 1.54) is 31.4 Å². The van der Waals surface area contributed by atoms with Crippen molar-refractivity contribution in [3.8, 4) is 23.1 Å². The molecule has 0 N–H and O–H groups in total. The van der Waals surface area contributed by atoms with Crippen molar-refractivity contribution in [3.05, 3.63) is 107 Å². The second-order valence-electron chi connectivity index (χ2n) is 9.64. The molecule has 0 bridgehead atoms. The Morgan fingerprint density at radius 1 is 1.00 bits per heavy atom. The van der Waals surface area contributed by atoms with Gasteiger partial charge in [-0.3, -0.25) is 14.4 Å². The summed E-state index contributed by atoms with van der Waals surface area (Å²) in [4.78, 5) is 57.0. The topological polar surface area (TPSA) is 127 Å². The first-order valence-corrected chi connectivity index (χ1v) is 14.1. The molecule has 0 saturated carbocycles. The van der Waals surface area contributed by atoms with Gasteiger partial charge in [0.15, 0.2) is 12.4 Å². The number of aromatic nitrogens is 1. The average molecular weight is 592 g/mol. The number of Topliss-reactive ketones (excluding diaryl/α,β-unsaturated/α-hetero) is 1. The molecule has 0 radical (unpaired) electrons. The molecule has 5 rings (SSSR count). The van der Waals surface area contributed by atoms with Crippen LogP contribution in [-0.2, 0) is 14.3 Å². The fourth-order valence-corrected chi connectivity index (χ4v) is 5.67. The number of ether oxygens (including phenoxy) is 2. The van der Waals surface area contributed by atoms with Crippen molar-refractivity contribution in [2.24, 2.45) is 0 Å². The third kappa shape index (κ3) is 6.32. The van der Waals surface area contributed by atoms with Crippen LogP contribution in [0, 0.1) is 18.3 Å². The molecule has 0 aliphatic carbocycles. The molecule has 1 fully saturated rings. The van der Waals surface area contributed by atoms with E-state index < -0.39 is 29.6 Å². The van der Waals surface area contributed by atoms with E-state index >= 15 is 0 Å². The van der Waals surface area contributed by atoms with Gasteiger partial charge in [-0.15, -0.1) is 0 Å². The number of imide groups is 1. The number of benzene rings is 3. The molecule has 1 aliphatic heterocycles. The molecule has 3 aromatic carbocycles. The van der Waals surface area contributed by atoms with Gasteiger partial charge >= 0.3 is 5.97 Å². The maximum absolute atomic E-state index is 13.4. The monoisotopic (exact) mass is 591 g/mol. The molecule has 1 unspecified atom stereocenters. The molecule has 2 amide bonds. The molecule has 10 heteroatoms. The molecular weight excluding hydrogens is 566 g/mol. The lowest BCUT2D eigenvalue weighted by molar-refractivity contribution is -0.121. The van der Waals surface area contributed by atoms with Crippen molar-refractivity contribution in [2.45, 2.75) is 23.6 Å². The summed E-state index contributed by atoms with van der Waals surface area (Å²) in [6.07, 6.45) is -0.0687. The van der Waals surface area contributed by atoms with E-state index in [0.717, 1.165) is 27.8 Å². The van der Waals surface area contributed by atoms with Crippen LogP contribution >= 0.6 is 11.8 Å². The van der Waals surface area contributed by atoms with E-state index in [0.29, 0.717) is 33.3 Å². The Morgan fingerprint density at radius 2 is 1.74 bits per heavy atom. The number of rotatable bonds is 9. The Morgan fingerprint density at radius 3 is 2.44 bits per heavy atom. The minimum atomic E-state index is -0.773. The minimum absolute atomic E-state index is 0.0687. The molecule has 0 spiro atoms. The normalized spacial score (nSPS) is 14.3. The van der Waals surface area contributed by atoms with E-state index in [4.69, 9.17) is 14.5 Å². The Labute approximate surface area is 252 Å². The summed E-state index contributed by atoms with van der Waals surface area (Å²) in [5.41, 5.74) is 3.53. The summed E-state index contributed by atoms with van der Waals surface area (Å²) in [6, 6.07) is 25.7. The summed E-state index contributed by atoms with van der Waals surface area (Å²) < 4.78 is 10.3. The van der Waals surface area contributed by atoms with Gasteiger partial charge in [0.1, 0.15) is 16.8 Å². The summed E-state index contributed by atoms with van der Waals surface area (Å²) in [7, 11) is 1.49. The van der Waals surface area contributed by atoms with Crippen LogP contribution in [0.25, 0.3) is 11.3 Å². The number of aryl methyl sites for hydroxylation is 1. The van der Waals surface area contributed by atoms with E-state index in [9.17, 15) is 24.4 Å². The molecule has 214 valence electrons. The molecule has 4 aromatic rings. The molecule has 43 heavy (non-hydrogen) atoms. The zero-order valence-electron chi connectivity index (χ0n) is 23.3. The predicted octanol–water partition coefficient (Wildman–Crippen LogP) is 5.40. The number of methoxy groups -OCH3 is 1. The lowest BCUT2D eigenvalue weighted by Gasteiger charge is -2.16. The number of thioether (sulfide) groups is 1. The molecule has 1 saturated heterocycles. The lowest BCUT2D eigenvalue weighted by atomic mass is 10.1. The van der Waals surface area contributed by atoms with Crippen LogP contribution < -0.4 is 9.64 Å². The standard InChI is InChI=1S/C33H25N3O6S/c1-20-15-24(18-34)31(35-30(20)21-7-4-3-5-8-21)43-28-17-29(38)36(32(28)39)25-13-11-22(12-14-25)33(40)42-19-27(37)23-9-6-10-26(16-23)41-2/h3-16,28H,17,19H2,1-2H3. The number of hydrogen-bond acceptors (Lipinski definition) is 9. The number of esters is 1. The Kier molecular flexibility index (Phi) is 8.64. The number of carbonyl (C=O) groups excluding carboxylic acids is 4. The first-order valence-electron chi connectivity index (χ1n) is 13.2. The third-order valence-corrected chi connectivity index (χ3v) is 7.98. The van der Waals surface area contributed by atoms with Crippen LogP contribution in [0.15, 0.2) is 90.0 Å². The van der Waals surface area contributed by atoms with Gasteiger partial charge in [0.2, 0.25) is 11.8 Å². The SMILES string of the molecule is COc1cccc(C(=O)COC(=O)c2ccc(N3C(=O)CC(Sc4nc(-c5ccccc5)c(C)cc4C#N)C3=O)cc2)c1. The highest BCUT2D eigenvalue weighted by atomic mass is 32.2. The first-order chi connectivity index (χ1) is 20.8. The maximum atomic E-state index is 13.4. The molecule has 1 aliphatic rings. The molecule has 2 heterocycles. The number of anilines is 1. The Hall–Kier alpha value is -5.27. The number of carbonyl (C=O) groups is 4. The fourth-order valence-electron chi connectivity index (χ4n) is 4.60. The lowest BCUT2D eigenvalue weighted by Crippen LogP contribution is -2.31. The smallest absolute Gasteiger partial charge is 0.338 e. The second kappa shape index (κ2) is 12.7. The Bertz CT molecular complexity index is 1770. The van der Waals surface area contributed by atoms with Crippen molar-refractivity contribution < 1.29 is 28.7 Å². The number of pyridine rings is 1. The summed E-state index contributed by atoms with van der Waals surface area (Å²) in [6.45, 7) is 1.41. The first kappa shape index (κ1) is 29.2. The van der Waals surface area contributed by atoms with E-state index in [1.807, 2.05) is 37.3 Å². The number of amides is 2. The maximum Gasteiger partial charge on any atom is 0.338 e. The van der Waals surface area contributed by atoms with Crippen LogP contribution in [0.3, 0.4) is 0 Å². The highest BCUT2D eigenvalue weighted by molar-refractivity contribution is 8.00. The van der Waals surface area contributed by atoms with Gasteiger partial charge in [-0.05, 0) is 55.0 Å². The van der Waals surface area contributed by atoms with Crippen molar-refractivity contribution in [3.63, 3.8) is 0 Å². The van der Waals surface area contributed by atoms with E-state index in [-0.39, 0.29) is 17.8 Å². The number of nitriles is 1. The predicted molar refractivity (Wildman–Crippen MR) is 160 cm³/mol. The average Bonchev–Trinajstić information content (AvgIpc) is 3.32. The second-order valence-corrected chi connectivity index (χ2v) is 10.8. The van der Waals surface area contributed by atoms with Crippen LogP contribution in [0.1, 0.15) is 38.3 Å². The summed E-state index contributed by atoms with van der Waals surface area (Å²) >= 11 is 1.09. The Balaban J connectivity index is 1.26. The van der Waals surface area contributed by atoms with Crippen molar-refractivity contribution in [2.75, 3.05) is 18.6 Å². The van der Waals surface area contributed by atoms with Gasteiger partial charge in [0, 0.05) is 17.5 Å². The molecule has 1 atom stereocenters. The van der Waals surface area contributed by atoms with Crippen molar-refractivity contribution in [1.29, 1.82) is 5.26 Å². The number of ketones is 1. The van der Waals surface area contributed by atoms with E-state index in [2.05, 4.69) is 6.07 Å². The van der Waals surface area contributed by atoms with Crippen molar-refractivity contribution >= 4 is 41.0 Å². The van der Waals surface area contributed by atoms with Gasteiger partial charge in [0.05, 0.1) is 34.9 Å². The van der Waals surface area contributed by atoms with E-state index in [1.54, 1.807) is 30.3 Å². The van der Waals surface area contributed by atoms with Crippen molar-refractivity contribution in [1.82, 2.24) is 4.98 Å². The number of hydrogen-bond donors (Lipinski definition) is 0.